The number of sulfonamides is 1. The normalized spacial score (nSPS) is 24.9. The second kappa shape index (κ2) is 6.56. The van der Waals surface area contributed by atoms with Gasteiger partial charge >= 0.3 is 0 Å². The maximum absolute atomic E-state index is 12.7. The molecule has 114 valence electrons. The lowest BCUT2D eigenvalue weighted by Crippen LogP contribution is -2.43. The molecular formula is C14H24N2O2S2. The lowest BCUT2D eigenvalue weighted by molar-refractivity contribution is 0.220. The Balaban J connectivity index is 2.15. The standard InChI is InChI=1S/C14H24N2O2S2/c1-4-15-9-13-8-14(19-10-13)20(17,18)16-6-5-11(2)7-12(16)3/h8,10-12,15H,4-7,9H2,1-3H3. The third-order valence-electron chi connectivity index (χ3n) is 3.85. The minimum atomic E-state index is -3.31. The summed E-state index contributed by atoms with van der Waals surface area (Å²) in [7, 11) is -3.31. The molecule has 0 aromatic carbocycles. The summed E-state index contributed by atoms with van der Waals surface area (Å²) in [6.07, 6.45) is 1.91. The maximum atomic E-state index is 12.7. The highest BCUT2D eigenvalue weighted by atomic mass is 32.2. The molecule has 1 saturated heterocycles. The van der Waals surface area contributed by atoms with Crippen LogP contribution in [-0.4, -0.2) is 31.9 Å². The Hall–Kier alpha value is -0.430. The average Bonchev–Trinajstić information content (AvgIpc) is 2.85. The van der Waals surface area contributed by atoms with Gasteiger partial charge in [-0.1, -0.05) is 13.8 Å². The van der Waals surface area contributed by atoms with Gasteiger partial charge in [-0.15, -0.1) is 11.3 Å². The first kappa shape index (κ1) is 15.9. The van der Waals surface area contributed by atoms with E-state index >= 15 is 0 Å². The lowest BCUT2D eigenvalue weighted by Gasteiger charge is -2.35. The Morgan fingerprint density at radius 1 is 1.45 bits per heavy atom. The summed E-state index contributed by atoms with van der Waals surface area (Å²) in [5, 5.41) is 5.16. The second-order valence-corrected chi connectivity index (χ2v) is 8.68. The van der Waals surface area contributed by atoms with Crippen molar-refractivity contribution in [3.05, 3.63) is 17.0 Å². The van der Waals surface area contributed by atoms with E-state index in [9.17, 15) is 8.42 Å². The van der Waals surface area contributed by atoms with Gasteiger partial charge in [-0.2, -0.15) is 4.31 Å². The molecule has 1 aromatic heterocycles. The van der Waals surface area contributed by atoms with Crippen LogP contribution in [0, 0.1) is 5.92 Å². The first-order valence-electron chi connectivity index (χ1n) is 7.25. The van der Waals surface area contributed by atoms with Gasteiger partial charge < -0.3 is 5.32 Å². The summed E-state index contributed by atoms with van der Waals surface area (Å²) in [4.78, 5) is 0. The molecule has 1 aromatic rings. The van der Waals surface area contributed by atoms with E-state index in [2.05, 4.69) is 12.2 Å². The van der Waals surface area contributed by atoms with Crippen molar-refractivity contribution < 1.29 is 8.42 Å². The SMILES string of the molecule is CCNCc1csc(S(=O)(=O)N2CCC(C)CC2C)c1. The van der Waals surface area contributed by atoms with Gasteiger partial charge in [0.25, 0.3) is 10.0 Å². The van der Waals surface area contributed by atoms with E-state index in [1.165, 1.54) is 11.3 Å². The summed E-state index contributed by atoms with van der Waals surface area (Å²) >= 11 is 1.33. The van der Waals surface area contributed by atoms with E-state index in [0.717, 1.165) is 31.5 Å². The van der Waals surface area contributed by atoms with Crippen molar-refractivity contribution in [2.24, 2.45) is 5.92 Å². The summed E-state index contributed by atoms with van der Waals surface area (Å²) in [5.41, 5.74) is 1.05. The Bertz CT molecular complexity index is 539. The number of hydrogen-bond acceptors (Lipinski definition) is 4. The highest BCUT2D eigenvalue weighted by Gasteiger charge is 2.33. The van der Waals surface area contributed by atoms with E-state index in [1.807, 2.05) is 25.3 Å². The molecule has 0 bridgehead atoms. The van der Waals surface area contributed by atoms with Crippen LogP contribution >= 0.6 is 11.3 Å². The van der Waals surface area contributed by atoms with Crippen molar-refractivity contribution in [3.8, 4) is 0 Å². The van der Waals surface area contributed by atoms with Crippen molar-refractivity contribution in [2.45, 2.75) is 50.4 Å². The topological polar surface area (TPSA) is 49.4 Å². The highest BCUT2D eigenvalue weighted by Crippen LogP contribution is 2.30. The molecule has 0 spiro atoms. The molecule has 1 aliphatic heterocycles. The number of thiophene rings is 1. The van der Waals surface area contributed by atoms with Crippen molar-refractivity contribution in [2.75, 3.05) is 13.1 Å². The molecule has 0 amide bonds. The van der Waals surface area contributed by atoms with Gasteiger partial charge in [-0.3, -0.25) is 0 Å². The Morgan fingerprint density at radius 2 is 2.20 bits per heavy atom. The summed E-state index contributed by atoms with van der Waals surface area (Å²) < 4.78 is 27.6. The Morgan fingerprint density at radius 3 is 2.85 bits per heavy atom. The zero-order valence-electron chi connectivity index (χ0n) is 12.4. The van der Waals surface area contributed by atoms with E-state index in [1.54, 1.807) is 4.31 Å². The average molecular weight is 316 g/mol. The molecule has 6 heteroatoms. The first-order chi connectivity index (χ1) is 9.45. The van der Waals surface area contributed by atoms with Gasteiger partial charge in [0.1, 0.15) is 4.21 Å². The number of piperidine rings is 1. The van der Waals surface area contributed by atoms with E-state index in [4.69, 9.17) is 0 Å². The van der Waals surface area contributed by atoms with Crippen LogP contribution in [0.3, 0.4) is 0 Å². The fraction of sp³-hybridized carbons (Fsp3) is 0.714. The molecule has 1 N–H and O–H groups in total. The maximum Gasteiger partial charge on any atom is 0.252 e. The third-order valence-corrected chi connectivity index (χ3v) is 7.33. The van der Waals surface area contributed by atoms with Gasteiger partial charge in [-0.25, -0.2) is 8.42 Å². The van der Waals surface area contributed by atoms with Gasteiger partial charge in [0.05, 0.1) is 0 Å². The zero-order valence-corrected chi connectivity index (χ0v) is 14.1. The number of hydrogen-bond donors (Lipinski definition) is 1. The van der Waals surface area contributed by atoms with Gasteiger partial charge in [0.15, 0.2) is 0 Å². The zero-order chi connectivity index (χ0) is 14.8. The number of nitrogens with zero attached hydrogens (tertiary/aromatic N) is 1. The van der Waals surface area contributed by atoms with Crippen molar-refractivity contribution in [1.82, 2.24) is 9.62 Å². The quantitative estimate of drug-likeness (QED) is 0.908. The van der Waals surface area contributed by atoms with Crippen molar-refractivity contribution >= 4 is 21.4 Å². The second-order valence-electron chi connectivity index (χ2n) is 5.65. The number of nitrogens with one attached hydrogen (secondary N) is 1. The molecule has 2 rings (SSSR count). The molecule has 2 unspecified atom stereocenters. The molecule has 2 atom stereocenters. The minimum Gasteiger partial charge on any atom is -0.313 e. The molecule has 0 radical (unpaired) electrons. The smallest absolute Gasteiger partial charge is 0.252 e. The van der Waals surface area contributed by atoms with Gasteiger partial charge in [-0.05, 0) is 49.2 Å². The summed E-state index contributed by atoms with van der Waals surface area (Å²) in [6, 6.07) is 1.91. The molecular weight excluding hydrogens is 292 g/mol. The molecule has 0 aliphatic carbocycles. The van der Waals surface area contributed by atoms with E-state index in [0.29, 0.717) is 16.7 Å². The van der Waals surface area contributed by atoms with Crippen LogP contribution in [0.2, 0.25) is 0 Å². The molecule has 1 aliphatic rings. The minimum absolute atomic E-state index is 0.100. The van der Waals surface area contributed by atoms with Crippen LogP contribution in [0.5, 0.6) is 0 Å². The van der Waals surface area contributed by atoms with E-state index in [-0.39, 0.29) is 6.04 Å². The Kier molecular flexibility index (Phi) is 5.23. The molecule has 2 heterocycles. The van der Waals surface area contributed by atoms with Crippen LogP contribution < -0.4 is 5.32 Å². The molecule has 20 heavy (non-hydrogen) atoms. The monoisotopic (exact) mass is 316 g/mol. The highest BCUT2D eigenvalue weighted by molar-refractivity contribution is 7.91. The van der Waals surface area contributed by atoms with Crippen LogP contribution in [0.4, 0.5) is 0 Å². The predicted octanol–water partition coefficient (Wildman–Crippen LogP) is 2.67. The first-order valence-corrected chi connectivity index (χ1v) is 9.57. The van der Waals surface area contributed by atoms with Gasteiger partial charge in [0, 0.05) is 19.1 Å². The Labute approximate surface area is 126 Å². The largest absolute Gasteiger partial charge is 0.313 e. The van der Waals surface area contributed by atoms with Crippen molar-refractivity contribution in [3.63, 3.8) is 0 Å². The lowest BCUT2D eigenvalue weighted by atomic mass is 9.95. The van der Waals surface area contributed by atoms with Crippen LogP contribution in [0.1, 0.15) is 39.2 Å². The van der Waals surface area contributed by atoms with Crippen LogP contribution in [0.15, 0.2) is 15.7 Å². The van der Waals surface area contributed by atoms with Crippen molar-refractivity contribution in [1.29, 1.82) is 0 Å². The molecule has 0 saturated carbocycles. The fourth-order valence-electron chi connectivity index (χ4n) is 2.71. The number of rotatable bonds is 5. The molecule has 4 nitrogen and oxygen atoms in total. The van der Waals surface area contributed by atoms with Crippen LogP contribution in [-0.2, 0) is 16.6 Å². The summed E-state index contributed by atoms with van der Waals surface area (Å²) in [5.74, 6) is 0.615. The van der Waals surface area contributed by atoms with Crippen LogP contribution in [0.25, 0.3) is 0 Å². The predicted molar refractivity (Wildman–Crippen MR) is 83.5 cm³/mol. The van der Waals surface area contributed by atoms with Gasteiger partial charge in [0.2, 0.25) is 0 Å². The summed E-state index contributed by atoms with van der Waals surface area (Å²) in [6.45, 7) is 8.51. The van der Waals surface area contributed by atoms with E-state index < -0.39 is 10.0 Å². The fourth-order valence-corrected chi connectivity index (χ4v) is 5.70. The molecule has 1 fully saturated rings. The third kappa shape index (κ3) is 3.42.